The van der Waals surface area contributed by atoms with Gasteiger partial charge in [0.15, 0.2) is 0 Å². The number of nitrogens with zero attached hydrogens (tertiary/aromatic N) is 1. The van der Waals surface area contributed by atoms with Gasteiger partial charge in [0, 0.05) is 0 Å². The van der Waals surface area contributed by atoms with Gasteiger partial charge in [0.25, 0.3) is 5.91 Å². The monoisotopic (exact) mass is 161 g/mol. The molecule has 0 saturated carbocycles. The molecule has 0 radical (unpaired) electrons. The number of ether oxygens (including phenoxy) is 1. The van der Waals surface area contributed by atoms with E-state index in [1.165, 1.54) is 6.92 Å². The molecule has 0 saturated heterocycles. The van der Waals surface area contributed by atoms with Crippen molar-refractivity contribution in [2.45, 2.75) is 6.92 Å². The minimum atomic E-state index is -1.32. The number of carbonyl (C=O) groups is 2. The average Bonchev–Trinajstić information content (AvgIpc) is 2.02. The second kappa shape index (κ2) is 4.43. The lowest BCUT2D eigenvalue weighted by Gasteiger charge is -2.05. The van der Waals surface area contributed by atoms with Crippen LogP contribution in [0.25, 0.3) is 0 Å². The van der Waals surface area contributed by atoms with E-state index in [0.29, 0.717) is 6.08 Å². The maximum atomic E-state index is 12.3. The van der Waals surface area contributed by atoms with Crippen molar-refractivity contribution in [1.29, 1.82) is 0 Å². The Hall–Kier alpha value is -1.39. The van der Waals surface area contributed by atoms with Crippen LogP contribution in [-0.2, 0) is 9.53 Å². The first-order valence-electron chi connectivity index (χ1n) is 2.92. The summed E-state index contributed by atoms with van der Waals surface area (Å²) >= 11 is 0. The number of imide groups is 1. The van der Waals surface area contributed by atoms with Gasteiger partial charge in [-0.05, 0) is 13.0 Å². The molecular weight excluding hydrogens is 153 g/mol. The standard InChI is InChI=1S/C6H8FNO3/c1-3-5(9)8(7)6(10)11-4-2/h3H,1,4H2,2H3. The third-order valence-electron chi connectivity index (χ3n) is 0.796. The predicted molar refractivity (Wildman–Crippen MR) is 35.2 cm³/mol. The summed E-state index contributed by atoms with van der Waals surface area (Å²) in [5.41, 5.74) is 0. The van der Waals surface area contributed by atoms with E-state index in [1.54, 1.807) is 0 Å². The molecule has 11 heavy (non-hydrogen) atoms. The molecule has 62 valence electrons. The molecule has 0 unspecified atom stereocenters. The molecule has 0 atom stereocenters. The zero-order chi connectivity index (χ0) is 8.85. The van der Waals surface area contributed by atoms with Crippen molar-refractivity contribution in [1.82, 2.24) is 5.12 Å². The number of halogens is 1. The number of hydrogen-bond acceptors (Lipinski definition) is 3. The van der Waals surface area contributed by atoms with Crippen molar-refractivity contribution in [3.63, 3.8) is 0 Å². The summed E-state index contributed by atoms with van der Waals surface area (Å²) in [6.07, 6.45) is -0.644. The van der Waals surface area contributed by atoms with Gasteiger partial charge in [0.1, 0.15) is 0 Å². The highest BCUT2D eigenvalue weighted by molar-refractivity contribution is 5.96. The fourth-order valence-corrected chi connectivity index (χ4v) is 0.350. The van der Waals surface area contributed by atoms with Crippen LogP contribution in [0.1, 0.15) is 6.92 Å². The highest BCUT2D eigenvalue weighted by atomic mass is 19.2. The van der Waals surface area contributed by atoms with Gasteiger partial charge >= 0.3 is 6.09 Å². The molecular formula is C6H8FNO3. The van der Waals surface area contributed by atoms with Crippen LogP contribution in [0.4, 0.5) is 9.28 Å². The first kappa shape index (κ1) is 9.61. The number of carbonyl (C=O) groups excluding carboxylic acids is 2. The van der Waals surface area contributed by atoms with Gasteiger partial charge in [-0.3, -0.25) is 4.79 Å². The van der Waals surface area contributed by atoms with E-state index >= 15 is 0 Å². The van der Waals surface area contributed by atoms with Gasteiger partial charge in [0.2, 0.25) is 0 Å². The van der Waals surface area contributed by atoms with Crippen molar-refractivity contribution in [2.75, 3.05) is 6.61 Å². The first-order valence-corrected chi connectivity index (χ1v) is 2.92. The van der Waals surface area contributed by atoms with Crippen molar-refractivity contribution in [2.24, 2.45) is 0 Å². The van der Waals surface area contributed by atoms with Crippen LogP contribution in [0, 0.1) is 0 Å². The van der Waals surface area contributed by atoms with E-state index in [0.717, 1.165) is 0 Å². The molecule has 0 aromatic rings. The van der Waals surface area contributed by atoms with E-state index < -0.39 is 17.1 Å². The fraction of sp³-hybridized carbons (Fsp3) is 0.333. The maximum absolute atomic E-state index is 12.3. The van der Waals surface area contributed by atoms with Crippen LogP contribution in [0.5, 0.6) is 0 Å². The molecule has 0 bridgehead atoms. The number of hydrogen-bond donors (Lipinski definition) is 0. The summed E-state index contributed by atoms with van der Waals surface area (Å²) in [5, 5.41) is -0.642. The number of amides is 2. The molecule has 0 spiro atoms. The zero-order valence-electron chi connectivity index (χ0n) is 6.04. The highest BCUT2D eigenvalue weighted by Gasteiger charge is 2.19. The Morgan fingerprint density at radius 1 is 1.73 bits per heavy atom. The van der Waals surface area contributed by atoms with Gasteiger partial charge in [-0.15, -0.1) is 0 Å². The normalized spacial score (nSPS) is 8.55. The molecule has 0 N–H and O–H groups in total. The molecule has 2 amide bonds. The smallest absolute Gasteiger partial charge is 0.445 e. The van der Waals surface area contributed by atoms with Gasteiger partial charge in [0.05, 0.1) is 6.61 Å². The summed E-state index contributed by atoms with van der Waals surface area (Å²) in [5.74, 6) is -1.14. The Balaban J connectivity index is 4.01. The van der Waals surface area contributed by atoms with Crippen LogP contribution in [0.2, 0.25) is 0 Å². The van der Waals surface area contributed by atoms with Crippen LogP contribution >= 0.6 is 0 Å². The summed E-state index contributed by atoms with van der Waals surface area (Å²) < 4.78 is 16.5. The van der Waals surface area contributed by atoms with E-state index in [-0.39, 0.29) is 6.61 Å². The Morgan fingerprint density at radius 2 is 2.27 bits per heavy atom. The second-order valence-corrected chi connectivity index (χ2v) is 1.52. The fourth-order valence-electron chi connectivity index (χ4n) is 0.350. The van der Waals surface area contributed by atoms with E-state index in [1.807, 2.05) is 0 Å². The first-order chi connectivity index (χ1) is 5.13. The van der Waals surface area contributed by atoms with E-state index in [9.17, 15) is 14.1 Å². The SMILES string of the molecule is C=CC(=O)N(F)C(=O)OCC. The lowest BCUT2D eigenvalue weighted by atomic mass is 10.6. The van der Waals surface area contributed by atoms with Crippen molar-refractivity contribution in [3.05, 3.63) is 12.7 Å². The predicted octanol–water partition coefficient (Wildman–Crippen LogP) is 1.04. The third-order valence-corrected chi connectivity index (χ3v) is 0.796. The van der Waals surface area contributed by atoms with Gasteiger partial charge in [-0.25, -0.2) is 4.79 Å². The quantitative estimate of drug-likeness (QED) is 0.449. The topological polar surface area (TPSA) is 46.6 Å². The van der Waals surface area contributed by atoms with Gasteiger partial charge in [-0.1, -0.05) is 16.2 Å². The van der Waals surface area contributed by atoms with Crippen LogP contribution < -0.4 is 0 Å². The van der Waals surface area contributed by atoms with Gasteiger partial charge in [-0.2, -0.15) is 0 Å². The molecule has 0 fully saturated rings. The minimum Gasteiger partial charge on any atom is -0.448 e. The highest BCUT2D eigenvalue weighted by Crippen LogP contribution is 1.95. The maximum Gasteiger partial charge on any atom is 0.445 e. The summed E-state index contributed by atoms with van der Waals surface area (Å²) in [4.78, 5) is 20.8. The number of rotatable bonds is 2. The summed E-state index contributed by atoms with van der Waals surface area (Å²) in [7, 11) is 0. The molecule has 0 rings (SSSR count). The molecule has 0 aromatic heterocycles. The second-order valence-electron chi connectivity index (χ2n) is 1.52. The van der Waals surface area contributed by atoms with Crippen LogP contribution in [0.3, 0.4) is 0 Å². The largest absolute Gasteiger partial charge is 0.448 e. The third kappa shape index (κ3) is 2.79. The van der Waals surface area contributed by atoms with Crippen LogP contribution in [-0.4, -0.2) is 23.7 Å². The summed E-state index contributed by atoms with van der Waals surface area (Å²) in [6.45, 7) is 4.51. The molecule has 4 nitrogen and oxygen atoms in total. The van der Waals surface area contributed by atoms with Gasteiger partial charge < -0.3 is 4.74 Å². The van der Waals surface area contributed by atoms with Crippen molar-refractivity contribution >= 4 is 12.0 Å². The molecule has 0 aliphatic carbocycles. The molecule has 0 aromatic carbocycles. The lowest BCUT2D eigenvalue weighted by molar-refractivity contribution is -0.136. The van der Waals surface area contributed by atoms with E-state index in [4.69, 9.17) is 0 Å². The summed E-state index contributed by atoms with van der Waals surface area (Å²) in [6, 6.07) is 0. The lowest BCUT2D eigenvalue weighted by Crippen LogP contribution is -2.28. The molecule has 0 aliphatic rings. The Kier molecular flexibility index (Phi) is 3.87. The Labute approximate surface area is 63.2 Å². The Bertz CT molecular complexity index is 181. The van der Waals surface area contributed by atoms with Crippen LogP contribution in [0.15, 0.2) is 12.7 Å². The van der Waals surface area contributed by atoms with E-state index in [2.05, 4.69) is 11.3 Å². The van der Waals surface area contributed by atoms with Crippen molar-refractivity contribution in [3.8, 4) is 0 Å². The van der Waals surface area contributed by atoms with Crippen molar-refractivity contribution < 1.29 is 18.8 Å². The molecule has 0 heterocycles. The average molecular weight is 161 g/mol. The zero-order valence-corrected chi connectivity index (χ0v) is 6.04. The molecule has 5 heteroatoms. The molecule has 0 aliphatic heterocycles. The Morgan fingerprint density at radius 3 is 2.64 bits per heavy atom. The minimum absolute atomic E-state index is 0.0175.